The Bertz CT molecular complexity index is 191. The number of rotatable bonds is 2. The lowest BCUT2D eigenvalue weighted by atomic mass is 10.0. The van der Waals surface area contributed by atoms with Crippen molar-refractivity contribution in [2.75, 3.05) is 33.7 Å². The number of nitrogens with two attached hydrogens (primary N) is 1. The predicted octanol–water partition coefficient (Wildman–Crippen LogP) is 0.360. The molecular weight excluding hydrogens is 174 g/mol. The molecule has 1 aliphatic heterocycles. The Morgan fingerprint density at radius 3 is 2.57 bits per heavy atom. The molecule has 2 atom stereocenters. The van der Waals surface area contributed by atoms with Gasteiger partial charge in [-0.25, -0.2) is 0 Å². The minimum Gasteiger partial charge on any atom is -0.326 e. The van der Waals surface area contributed by atoms with Gasteiger partial charge < -0.3 is 15.5 Å². The first-order valence-electron chi connectivity index (χ1n) is 5.83. The number of hydrogen-bond acceptors (Lipinski definition) is 3. The minimum absolute atomic E-state index is 0.403. The lowest BCUT2D eigenvalue weighted by Crippen LogP contribution is -2.51. The SMILES string of the molecule is CN1CCCN(C)C(C(N)C2CC2)C1. The summed E-state index contributed by atoms with van der Waals surface area (Å²) in [5, 5.41) is 0. The zero-order valence-electron chi connectivity index (χ0n) is 9.45. The molecule has 0 spiro atoms. The topological polar surface area (TPSA) is 32.5 Å². The molecule has 3 heteroatoms. The first-order chi connectivity index (χ1) is 6.68. The molecule has 1 saturated carbocycles. The van der Waals surface area contributed by atoms with Gasteiger partial charge in [0.1, 0.15) is 0 Å². The van der Waals surface area contributed by atoms with Crippen LogP contribution in [0.4, 0.5) is 0 Å². The third-order valence-corrected chi connectivity index (χ3v) is 3.73. The maximum Gasteiger partial charge on any atom is 0.0373 e. The van der Waals surface area contributed by atoms with E-state index in [9.17, 15) is 0 Å². The standard InChI is InChI=1S/C11H23N3/c1-13-6-3-7-14(2)10(8-13)11(12)9-4-5-9/h9-11H,3-8,12H2,1-2H3. The van der Waals surface area contributed by atoms with E-state index in [1.165, 1.54) is 32.4 Å². The number of hydrogen-bond donors (Lipinski definition) is 1. The quantitative estimate of drug-likeness (QED) is 0.694. The first kappa shape index (κ1) is 10.4. The predicted molar refractivity (Wildman–Crippen MR) is 59.2 cm³/mol. The monoisotopic (exact) mass is 197 g/mol. The van der Waals surface area contributed by atoms with Gasteiger partial charge in [0.05, 0.1) is 0 Å². The van der Waals surface area contributed by atoms with Crippen LogP contribution >= 0.6 is 0 Å². The van der Waals surface area contributed by atoms with E-state index in [1.807, 2.05) is 0 Å². The molecule has 0 radical (unpaired) electrons. The molecule has 1 aliphatic carbocycles. The van der Waals surface area contributed by atoms with Crippen molar-refractivity contribution >= 4 is 0 Å². The van der Waals surface area contributed by atoms with Crippen LogP contribution in [0.2, 0.25) is 0 Å². The van der Waals surface area contributed by atoms with Crippen molar-refractivity contribution in [1.82, 2.24) is 9.80 Å². The van der Waals surface area contributed by atoms with E-state index in [0.717, 1.165) is 12.5 Å². The highest BCUT2D eigenvalue weighted by Gasteiger charge is 2.36. The van der Waals surface area contributed by atoms with Crippen LogP contribution in [0, 0.1) is 5.92 Å². The fourth-order valence-corrected chi connectivity index (χ4v) is 2.52. The summed E-state index contributed by atoms with van der Waals surface area (Å²) < 4.78 is 0. The van der Waals surface area contributed by atoms with E-state index in [0.29, 0.717) is 12.1 Å². The largest absolute Gasteiger partial charge is 0.326 e. The van der Waals surface area contributed by atoms with Crippen LogP contribution in [0.1, 0.15) is 19.3 Å². The Kier molecular flexibility index (Phi) is 3.10. The number of nitrogens with zero attached hydrogens (tertiary/aromatic N) is 2. The lowest BCUT2D eigenvalue weighted by Gasteiger charge is -2.32. The van der Waals surface area contributed by atoms with Crippen LogP contribution in [-0.4, -0.2) is 55.6 Å². The van der Waals surface area contributed by atoms with Gasteiger partial charge in [-0.3, -0.25) is 0 Å². The van der Waals surface area contributed by atoms with Crippen molar-refractivity contribution in [2.45, 2.75) is 31.3 Å². The second-order valence-electron chi connectivity index (χ2n) is 5.08. The van der Waals surface area contributed by atoms with E-state index in [4.69, 9.17) is 5.73 Å². The first-order valence-corrected chi connectivity index (χ1v) is 5.83. The molecule has 0 aromatic carbocycles. The lowest BCUT2D eigenvalue weighted by molar-refractivity contribution is 0.186. The van der Waals surface area contributed by atoms with Gasteiger partial charge in [-0.15, -0.1) is 0 Å². The number of likely N-dealkylation sites (N-methyl/N-ethyl adjacent to an activating group) is 2. The van der Waals surface area contributed by atoms with Gasteiger partial charge in [-0.1, -0.05) is 0 Å². The molecule has 0 bridgehead atoms. The van der Waals surface area contributed by atoms with Gasteiger partial charge in [0.2, 0.25) is 0 Å². The average molecular weight is 197 g/mol. The Morgan fingerprint density at radius 1 is 1.21 bits per heavy atom. The third-order valence-electron chi connectivity index (χ3n) is 3.73. The van der Waals surface area contributed by atoms with Crippen LogP contribution in [0.25, 0.3) is 0 Å². The van der Waals surface area contributed by atoms with Crippen LogP contribution in [0.15, 0.2) is 0 Å². The minimum atomic E-state index is 0.403. The molecular formula is C11H23N3. The molecule has 2 rings (SSSR count). The van der Waals surface area contributed by atoms with Crippen LogP contribution in [0.5, 0.6) is 0 Å². The van der Waals surface area contributed by atoms with E-state index in [2.05, 4.69) is 23.9 Å². The highest BCUT2D eigenvalue weighted by molar-refractivity contribution is 4.94. The molecule has 2 fully saturated rings. The summed E-state index contributed by atoms with van der Waals surface area (Å²) in [5.74, 6) is 0.814. The summed E-state index contributed by atoms with van der Waals surface area (Å²) in [6.07, 6.45) is 3.99. The fraction of sp³-hybridized carbons (Fsp3) is 1.00. The Labute approximate surface area is 87.2 Å². The van der Waals surface area contributed by atoms with Gasteiger partial charge in [0.25, 0.3) is 0 Å². The molecule has 0 aromatic heterocycles. The molecule has 1 heterocycles. The van der Waals surface area contributed by atoms with Crippen molar-refractivity contribution in [1.29, 1.82) is 0 Å². The molecule has 0 aromatic rings. The van der Waals surface area contributed by atoms with Crippen molar-refractivity contribution in [2.24, 2.45) is 11.7 Å². The smallest absolute Gasteiger partial charge is 0.0373 e. The molecule has 2 N–H and O–H groups in total. The molecule has 1 saturated heterocycles. The molecule has 14 heavy (non-hydrogen) atoms. The normalized spacial score (nSPS) is 34.1. The summed E-state index contributed by atoms with van der Waals surface area (Å²) in [7, 11) is 4.44. The average Bonchev–Trinajstić information content (AvgIpc) is 2.94. The summed E-state index contributed by atoms with van der Waals surface area (Å²) >= 11 is 0. The van der Waals surface area contributed by atoms with Gasteiger partial charge in [-0.2, -0.15) is 0 Å². The molecule has 82 valence electrons. The molecule has 3 nitrogen and oxygen atoms in total. The zero-order chi connectivity index (χ0) is 10.1. The zero-order valence-corrected chi connectivity index (χ0v) is 9.45. The van der Waals surface area contributed by atoms with E-state index in [1.54, 1.807) is 0 Å². The van der Waals surface area contributed by atoms with Gasteiger partial charge in [-0.05, 0) is 52.4 Å². The summed E-state index contributed by atoms with van der Waals surface area (Å²) in [6, 6.07) is 0.982. The second kappa shape index (κ2) is 4.17. The van der Waals surface area contributed by atoms with Crippen molar-refractivity contribution < 1.29 is 0 Å². The summed E-state index contributed by atoms with van der Waals surface area (Å²) in [5.41, 5.74) is 6.31. The Balaban J connectivity index is 1.97. The van der Waals surface area contributed by atoms with Crippen LogP contribution in [0.3, 0.4) is 0 Å². The molecule has 2 aliphatic rings. The van der Waals surface area contributed by atoms with Crippen LogP contribution in [-0.2, 0) is 0 Å². The molecule has 2 unspecified atom stereocenters. The second-order valence-corrected chi connectivity index (χ2v) is 5.08. The maximum atomic E-state index is 6.31. The maximum absolute atomic E-state index is 6.31. The Morgan fingerprint density at radius 2 is 1.93 bits per heavy atom. The van der Waals surface area contributed by atoms with E-state index < -0.39 is 0 Å². The van der Waals surface area contributed by atoms with Gasteiger partial charge in [0, 0.05) is 18.6 Å². The highest BCUT2D eigenvalue weighted by Crippen LogP contribution is 2.34. The van der Waals surface area contributed by atoms with E-state index in [-0.39, 0.29) is 0 Å². The van der Waals surface area contributed by atoms with E-state index >= 15 is 0 Å². The van der Waals surface area contributed by atoms with Crippen molar-refractivity contribution in [3.05, 3.63) is 0 Å². The summed E-state index contributed by atoms with van der Waals surface area (Å²) in [6.45, 7) is 3.57. The Hall–Kier alpha value is -0.120. The van der Waals surface area contributed by atoms with Crippen molar-refractivity contribution in [3.63, 3.8) is 0 Å². The third kappa shape index (κ3) is 2.27. The van der Waals surface area contributed by atoms with Gasteiger partial charge in [0.15, 0.2) is 0 Å². The fourth-order valence-electron chi connectivity index (χ4n) is 2.52. The van der Waals surface area contributed by atoms with Gasteiger partial charge >= 0.3 is 0 Å². The molecule has 0 amide bonds. The summed E-state index contributed by atoms with van der Waals surface area (Å²) in [4.78, 5) is 4.89. The van der Waals surface area contributed by atoms with Crippen molar-refractivity contribution in [3.8, 4) is 0 Å². The van der Waals surface area contributed by atoms with Crippen LogP contribution < -0.4 is 5.73 Å². The highest BCUT2D eigenvalue weighted by atomic mass is 15.2.